The first-order valence-corrected chi connectivity index (χ1v) is 20.5. The molecule has 0 fully saturated rings. The molecular formula is C48H36Cl2N4O10. The minimum atomic E-state index is -1.43. The highest BCUT2D eigenvalue weighted by molar-refractivity contribution is 6.41. The molecule has 0 saturated heterocycles. The molecule has 0 saturated carbocycles. The van der Waals surface area contributed by atoms with Gasteiger partial charge < -0.3 is 39.7 Å². The molecule has 64 heavy (non-hydrogen) atoms. The van der Waals surface area contributed by atoms with Gasteiger partial charge in [0, 0.05) is 108 Å². The third-order valence-electron chi connectivity index (χ3n) is 10.6. The SMILES string of the molecule is CC/N=c1\ccc2c(-c3c(Cl)cc(C(=O)NCCNC(=O)c4ccc(-c5c6ccc(=O)cc-6oc6cc(O)ccc56)c(C(=O)O)c4)c(Cl)c3C(=O)O)c3ccc(N(C)C)cc3oc-2c1. The first-order chi connectivity index (χ1) is 30.6. The molecule has 2 aliphatic carbocycles. The van der Waals surface area contributed by atoms with Gasteiger partial charge in [-0.3, -0.25) is 19.4 Å². The fraction of sp³-hybridized carbons (Fsp3) is 0.125. The molecule has 8 rings (SSSR count). The van der Waals surface area contributed by atoms with E-state index in [1.165, 1.54) is 54.6 Å². The Labute approximate surface area is 373 Å². The number of carboxylic acids is 2. The predicted molar refractivity (Wildman–Crippen MR) is 244 cm³/mol. The molecule has 4 aromatic rings. The zero-order valence-electron chi connectivity index (χ0n) is 34.2. The van der Waals surface area contributed by atoms with Crippen LogP contribution in [0.15, 0.2) is 116 Å². The fourth-order valence-corrected chi connectivity index (χ4v) is 8.33. The minimum absolute atomic E-state index is 0.000361. The third kappa shape index (κ3) is 7.96. The zero-order valence-corrected chi connectivity index (χ0v) is 35.7. The van der Waals surface area contributed by atoms with Crippen molar-refractivity contribution in [3.8, 4) is 50.7 Å². The summed E-state index contributed by atoms with van der Waals surface area (Å²) in [7, 11) is 3.75. The van der Waals surface area contributed by atoms with Gasteiger partial charge in [0.15, 0.2) is 5.43 Å². The maximum absolute atomic E-state index is 13.6. The number of carbonyl (C=O) groups is 4. The van der Waals surface area contributed by atoms with Gasteiger partial charge in [-0.05, 0) is 79.2 Å². The molecule has 2 amide bonds. The van der Waals surface area contributed by atoms with Crippen molar-refractivity contribution in [2.24, 2.45) is 4.99 Å². The van der Waals surface area contributed by atoms with E-state index in [1.807, 2.05) is 38.1 Å². The van der Waals surface area contributed by atoms with E-state index in [0.717, 1.165) is 5.69 Å². The first kappa shape index (κ1) is 43.0. The standard InChI is InChI=1S/C48H36Cl2N4O10/c1-4-51-24-6-11-31-36(18-24)63-37-19-25(54(2)3)7-12-32(37)41(31)42-35(49)22-34(44(50)43(42)48(61)62)46(58)53-16-15-52-45(57)23-5-10-28(33(17-23)47(59)60)40-29-13-8-26(55)20-38(29)64-39-21-27(56)9-14-30(39)40/h5-14,17-22,55H,4,15-16H2,1-3H3,(H,52,57)(H,53,58)(H,59,60)(H,61,62)/b51-24+. The molecule has 2 aliphatic heterocycles. The van der Waals surface area contributed by atoms with E-state index in [9.17, 15) is 39.3 Å². The van der Waals surface area contributed by atoms with Crippen molar-refractivity contribution < 1.29 is 43.3 Å². The maximum atomic E-state index is 13.6. The number of carbonyl (C=O) groups excluding carboxylic acids is 2. The number of hydrogen-bond donors (Lipinski definition) is 5. The van der Waals surface area contributed by atoms with E-state index in [-0.39, 0.29) is 73.5 Å². The Kier molecular flexibility index (Phi) is 11.6. The summed E-state index contributed by atoms with van der Waals surface area (Å²) in [5, 5.41) is 37.6. The summed E-state index contributed by atoms with van der Waals surface area (Å²) in [6.07, 6.45) is 0. The number of hydrogen-bond acceptors (Lipinski definition) is 10. The molecule has 14 nitrogen and oxygen atoms in total. The number of carboxylic acid groups (broad SMARTS) is 2. The van der Waals surface area contributed by atoms with E-state index < -0.39 is 29.3 Å². The van der Waals surface area contributed by atoms with Crippen LogP contribution in [0.5, 0.6) is 5.75 Å². The van der Waals surface area contributed by atoms with Crippen molar-refractivity contribution in [2.45, 2.75) is 6.92 Å². The molecule has 0 atom stereocenters. The van der Waals surface area contributed by atoms with Crippen LogP contribution in [0.25, 0.3) is 66.8 Å². The Morgan fingerprint density at radius 1 is 0.672 bits per heavy atom. The number of anilines is 1. The Morgan fingerprint density at radius 2 is 1.31 bits per heavy atom. The summed E-state index contributed by atoms with van der Waals surface area (Å²) < 4.78 is 12.2. The van der Waals surface area contributed by atoms with Gasteiger partial charge in [-0.25, -0.2) is 9.59 Å². The number of benzene rings is 6. The van der Waals surface area contributed by atoms with Crippen LogP contribution in [0.1, 0.15) is 48.4 Å². The topological polar surface area (TPSA) is 212 Å². The molecule has 0 radical (unpaired) electrons. The molecule has 0 bridgehead atoms. The Bertz CT molecular complexity index is 3320. The Morgan fingerprint density at radius 3 is 2.02 bits per heavy atom. The van der Waals surface area contributed by atoms with Gasteiger partial charge in [0.05, 0.1) is 32.1 Å². The average Bonchev–Trinajstić information content (AvgIpc) is 3.26. The lowest BCUT2D eigenvalue weighted by molar-refractivity contribution is 0.0686. The monoisotopic (exact) mass is 898 g/mol. The number of aromatic hydroxyl groups is 1. The fourth-order valence-electron chi connectivity index (χ4n) is 7.71. The molecule has 0 unspecified atom stereocenters. The largest absolute Gasteiger partial charge is 0.508 e. The van der Waals surface area contributed by atoms with Crippen LogP contribution >= 0.6 is 23.2 Å². The molecule has 16 heteroatoms. The number of fused-ring (bicyclic) bond motifs is 4. The number of amides is 2. The Hall–Kier alpha value is -7.68. The van der Waals surface area contributed by atoms with Crippen LogP contribution < -0.4 is 26.3 Å². The van der Waals surface area contributed by atoms with Crippen molar-refractivity contribution in [3.05, 3.63) is 145 Å². The summed E-state index contributed by atoms with van der Waals surface area (Å²) in [6.45, 7) is 2.18. The van der Waals surface area contributed by atoms with E-state index in [2.05, 4.69) is 15.6 Å². The van der Waals surface area contributed by atoms with Crippen molar-refractivity contribution in [1.29, 1.82) is 0 Å². The van der Waals surface area contributed by atoms with Crippen molar-refractivity contribution in [1.82, 2.24) is 10.6 Å². The molecule has 322 valence electrons. The zero-order chi connectivity index (χ0) is 45.6. The lowest BCUT2D eigenvalue weighted by atomic mass is 9.89. The van der Waals surface area contributed by atoms with Gasteiger partial charge in [0.2, 0.25) is 0 Å². The quantitative estimate of drug-likeness (QED) is 0.0612. The highest BCUT2D eigenvalue weighted by Gasteiger charge is 2.30. The van der Waals surface area contributed by atoms with E-state index in [1.54, 1.807) is 30.3 Å². The second kappa shape index (κ2) is 17.2. The lowest BCUT2D eigenvalue weighted by Gasteiger charge is -2.21. The lowest BCUT2D eigenvalue weighted by Crippen LogP contribution is -2.35. The van der Waals surface area contributed by atoms with Crippen LogP contribution in [0, 0.1) is 0 Å². The molecule has 4 aromatic carbocycles. The average molecular weight is 900 g/mol. The number of aromatic carboxylic acids is 2. The van der Waals surface area contributed by atoms with Crippen LogP contribution in [-0.4, -0.2) is 72.8 Å². The number of phenolic OH excluding ortho intramolecular Hbond substituents is 1. The summed E-state index contributed by atoms with van der Waals surface area (Å²) >= 11 is 13.7. The number of phenols is 1. The normalized spacial score (nSPS) is 11.7. The van der Waals surface area contributed by atoms with Gasteiger partial charge in [-0.15, -0.1) is 0 Å². The van der Waals surface area contributed by atoms with E-state index >= 15 is 0 Å². The number of halogens is 2. The van der Waals surface area contributed by atoms with Crippen LogP contribution in [0.3, 0.4) is 0 Å². The van der Waals surface area contributed by atoms with Gasteiger partial charge >= 0.3 is 11.9 Å². The van der Waals surface area contributed by atoms with Gasteiger partial charge in [-0.1, -0.05) is 29.3 Å². The van der Waals surface area contributed by atoms with Crippen molar-refractivity contribution in [3.63, 3.8) is 0 Å². The predicted octanol–water partition coefficient (Wildman–Crippen LogP) is 8.64. The van der Waals surface area contributed by atoms with E-state index in [4.69, 9.17) is 32.0 Å². The molecule has 2 heterocycles. The highest BCUT2D eigenvalue weighted by Crippen LogP contribution is 2.47. The van der Waals surface area contributed by atoms with Gasteiger partial charge in [0.25, 0.3) is 11.8 Å². The minimum Gasteiger partial charge on any atom is -0.508 e. The summed E-state index contributed by atoms with van der Waals surface area (Å²) in [5.74, 6) is -3.69. The second-order valence-electron chi connectivity index (χ2n) is 14.9. The summed E-state index contributed by atoms with van der Waals surface area (Å²) in [5.41, 5.74) is 2.44. The molecule has 0 spiro atoms. The maximum Gasteiger partial charge on any atom is 0.337 e. The molecule has 5 N–H and O–H groups in total. The third-order valence-corrected chi connectivity index (χ3v) is 11.3. The van der Waals surface area contributed by atoms with Crippen LogP contribution in [0.4, 0.5) is 5.69 Å². The number of nitrogens with one attached hydrogen (secondary N) is 2. The van der Waals surface area contributed by atoms with Crippen molar-refractivity contribution in [2.75, 3.05) is 38.6 Å². The van der Waals surface area contributed by atoms with Gasteiger partial charge in [0.1, 0.15) is 28.4 Å². The number of nitrogens with zero attached hydrogens (tertiary/aromatic N) is 2. The second-order valence-corrected chi connectivity index (χ2v) is 15.7. The molecular weight excluding hydrogens is 863 g/mol. The smallest absolute Gasteiger partial charge is 0.337 e. The summed E-state index contributed by atoms with van der Waals surface area (Å²) in [4.78, 5) is 71.2. The highest BCUT2D eigenvalue weighted by atomic mass is 35.5. The van der Waals surface area contributed by atoms with Crippen LogP contribution in [-0.2, 0) is 0 Å². The van der Waals surface area contributed by atoms with Gasteiger partial charge in [-0.2, -0.15) is 0 Å². The Balaban J connectivity index is 1.06. The van der Waals surface area contributed by atoms with Crippen molar-refractivity contribution >= 4 is 74.6 Å². The first-order valence-electron chi connectivity index (χ1n) is 19.7. The van der Waals surface area contributed by atoms with Crippen LogP contribution in [0.2, 0.25) is 10.0 Å². The van der Waals surface area contributed by atoms with E-state index in [0.29, 0.717) is 56.3 Å². The molecule has 0 aromatic heterocycles. The molecule has 4 aliphatic rings. The number of rotatable bonds is 11. The summed E-state index contributed by atoms with van der Waals surface area (Å²) in [6, 6.07) is 24.6.